The summed E-state index contributed by atoms with van der Waals surface area (Å²) in [7, 11) is 1.66. The second-order valence-corrected chi connectivity index (χ2v) is 4.49. The van der Waals surface area contributed by atoms with Crippen molar-refractivity contribution in [3.05, 3.63) is 11.4 Å². The van der Waals surface area contributed by atoms with Crippen molar-refractivity contribution in [2.24, 2.45) is 11.7 Å². The molecule has 0 aliphatic heterocycles. The molecule has 1 heterocycles. The van der Waals surface area contributed by atoms with Crippen LogP contribution in [0.2, 0.25) is 0 Å². The Balaban J connectivity index is 2.12. The van der Waals surface area contributed by atoms with Gasteiger partial charge in [0.15, 0.2) is 0 Å². The molecule has 6 nitrogen and oxygen atoms in total. The Morgan fingerprint density at radius 3 is 2.94 bits per heavy atom. The molecule has 0 aromatic carbocycles. The van der Waals surface area contributed by atoms with Crippen LogP contribution < -0.4 is 5.73 Å². The average Bonchev–Trinajstić information content (AvgIpc) is 3.01. The van der Waals surface area contributed by atoms with Crippen molar-refractivity contribution in [3.8, 4) is 0 Å². The minimum atomic E-state index is -0.373. The van der Waals surface area contributed by atoms with Crippen LogP contribution in [-0.4, -0.2) is 34.6 Å². The summed E-state index contributed by atoms with van der Waals surface area (Å²) in [5, 5.41) is 8.15. The number of amides is 1. The Labute approximate surface area is 100 Å². The third-order valence-electron chi connectivity index (χ3n) is 2.93. The molecule has 1 aromatic rings. The molecule has 94 valence electrons. The number of aromatic nitrogens is 3. The number of hydrogen-bond acceptors (Lipinski definition) is 4. The standard InChI is InChI=1S/C11H18N4O2/c1-17-5-4-10-9(6-11(12)16)13-14-15(10)7-8-2-3-8/h8H,2-7H2,1H3,(H2,12,16). The number of hydrogen-bond donors (Lipinski definition) is 1. The van der Waals surface area contributed by atoms with Gasteiger partial charge in [0.05, 0.1) is 24.4 Å². The van der Waals surface area contributed by atoms with Gasteiger partial charge in [-0.1, -0.05) is 5.21 Å². The number of ether oxygens (including phenoxy) is 1. The number of nitrogens with two attached hydrogens (primary N) is 1. The smallest absolute Gasteiger partial charge is 0.223 e. The molecule has 1 aliphatic rings. The molecule has 1 aliphatic carbocycles. The van der Waals surface area contributed by atoms with E-state index >= 15 is 0 Å². The number of carbonyl (C=O) groups is 1. The van der Waals surface area contributed by atoms with Crippen molar-refractivity contribution in [1.82, 2.24) is 15.0 Å². The number of rotatable bonds is 7. The molecule has 0 radical (unpaired) electrons. The van der Waals surface area contributed by atoms with Gasteiger partial charge in [-0.2, -0.15) is 0 Å². The van der Waals surface area contributed by atoms with Crippen molar-refractivity contribution in [1.29, 1.82) is 0 Å². The lowest BCUT2D eigenvalue weighted by Crippen LogP contribution is -2.16. The fourth-order valence-corrected chi connectivity index (χ4v) is 1.83. The van der Waals surface area contributed by atoms with Gasteiger partial charge in [-0.3, -0.25) is 4.79 Å². The molecule has 1 amide bonds. The fraction of sp³-hybridized carbons (Fsp3) is 0.727. The molecule has 1 saturated carbocycles. The SMILES string of the molecule is COCCc1c(CC(N)=O)nnn1CC1CC1. The van der Waals surface area contributed by atoms with Crippen LogP contribution in [0.25, 0.3) is 0 Å². The van der Waals surface area contributed by atoms with Crippen LogP contribution in [0.4, 0.5) is 0 Å². The van der Waals surface area contributed by atoms with Gasteiger partial charge < -0.3 is 10.5 Å². The Morgan fingerprint density at radius 1 is 1.59 bits per heavy atom. The first-order valence-corrected chi connectivity index (χ1v) is 5.89. The Bertz CT molecular complexity index is 398. The van der Waals surface area contributed by atoms with E-state index in [-0.39, 0.29) is 12.3 Å². The van der Waals surface area contributed by atoms with E-state index in [4.69, 9.17) is 10.5 Å². The topological polar surface area (TPSA) is 83.0 Å². The minimum Gasteiger partial charge on any atom is -0.384 e. The van der Waals surface area contributed by atoms with Gasteiger partial charge in [-0.15, -0.1) is 5.10 Å². The van der Waals surface area contributed by atoms with Crippen molar-refractivity contribution >= 4 is 5.91 Å². The molecule has 0 spiro atoms. The Morgan fingerprint density at radius 2 is 2.35 bits per heavy atom. The van der Waals surface area contributed by atoms with Crippen LogP contribution in [0.1, 0.15) is 24.2 Å². The molecule has 2 N–H and O–H groups in total. The summed E-state index contributed by atoms with van der Waals surface area (Å²) in [6.45, 7) is 1.49. The van der Waals surface area contributed by atoms with E-state index < -0.39 is 0 Å². The highest BCUT2D eigenvalue weighted by Gasteiger charge is 2.24. The summed E-state index contributed by atoms with van der Waals surface area (Å²) < 4.78 is 6.96. The zero-order valence-corrected chi connectivity index (χ0v) is 10.1. The first-order valence-electron chi connectivity index (χ1n) is 5.89. The molecular weight excluding hydrogens is 220 g/mol. The quantitative estimate of drug-likeness (QED) is 0.719. The Kier molecular flexibility index (Phi) is 3.73. The largest absolute Gasteiger partial charge is 0.384 e. The summed E-state index contributed by atoms with van der Waals surface area (Å²) in [5.41, 5.74) is 6.87. The second-order valence-electron chi connectivity index (χ2n) is 4.49. The summed E-state index contributed by atoms with van der Waals surface area (Å²) in [5.74, 6) is 0.349. The molecule has 6 heteroatoms. The highest BCUT2D eigenvalue weighted by Crippen LogP contribution is 2.30. The average molecular weight is 238 g/mol. The van der Waals surface area contributed by atoms with Crippen molar-refractivity contribution in [2.75, 3.05) is 13.7 Å². The van der Waals surface area contributed by atoms with Crippen LogP contribution in [0.5, 0.6) is 0 Å². The minimum absolute atomic E-state index is 0.156. The molecule has 0 saturated heterocycles. The van der Waals surface area contributed by atoms with Gasteiger partial charge in [-0.05, 0) is 18.8 Å². The lowest BCUT2D eigenvalue weighted by atomic mass is 10.2. The van der Waals surface area contributed by atoms with Crippen LogP contribution >= 0.6 is 0 Å². The summed E-state index contributed by atoms with van der Waals surface area (Å²) in [4.78, 5) is 11.0. The molecule has 0 bridgehead atoms. The second kappa shape index (κ2) is 5.27. The predicted molar refractivity (Wildman–Crippen MR) is 61.2 cm³/mol. The van der Waals surface area contributed by atoms with E-state index in [0.717, 1.165) is 24.6 Å². The molecular formula is C11H18N4O2. The third kappa shape index (κ3) is 3.26. The first kappa shape index (κ1) is 12.0. The van der Waals surface area contributed by atoms with E-state index in [1.165, 1.54) is 12.8 Å². The van der Waals surface area contributed by atoms with Gasteiger partial charge in [0.2, 0.25) is 5.91 Å². The summed E-state index contributed by atoms with van der Waals surface area (Å²) in [6, 6.07) is 0. The molecule has 2 rings (SSSR count). The monoisotopic (exact) mass is 238 g/mol. The number of nitrogens with zero attached hydrogens (tertiary/aromatic N) is 3. The van der Waals surface area contributed by atoms with Crippen LogP contribution in [0.3, 0.4) is 0 Å². The number of carbonyl (C=O) groups excluding carboxylic acids is 1. The highest BCUT2D eigenvalue weighted by molar-refractivity contribution is 5.76. The lowest BCUT2D eigenvalue weighted by Gasteiger charge is -2.06. The summed E-state index contributed by atoms with van der Waals surface area (Å²) >= 11 is 0. The highest BCUT2D eigenvalue weighted by atomic mass is 16.5. The molecule has 0 unspecified atom stereocenters. The van der Waals surface area contributed by atoms with Crippen LogP contribution in [0, 0.1) is 5.92 Å². The van der Waals surface area contributed by atoms with Gasteiger partial charge >= 0.3 is 0 Å². The van der Waals surface area contributed by atoms with E-state index in [0.29, 0.717) is 12.3 Å². The van der Waals surface area contributed by atoms with Gasteiger partial charge in [0, 0.05) is 20.1 Å². The zero-order valence-electron chi connectivity index (χ0n) is 10.1. The van der Waals surface area contributed by atoms with Crippen LogP contribution in [0.15, 0.2) is 0 Å². The molecule has 0 atom stereocenters. The maximum atomic E-state index is 11.0. The number of primary amides is 1. The third-order valence-corrected chi connectivity index (χ3v) is 2.93. The van der Waals surface area contributed by atoms with E-state index in [1.807, 2.05) is 4.68 Å². The fourth-order valence-electron chi connectivity index (χ4n) is 1.83. The molecule has 1 aromatic heterocycles. The maximum Gasteiger partial charge on any atom is 0.223 e. The van der Waals surface area contributed by atoms with Gasteiger partial charge in [0.1, 0.15) is 0 Å². The van der Waals surface area contributed by atoms with E-state index in [9.17, 15) is 4.79 Å². The molecule has 1 fully saturated rings. The Hall–Kier alpha value is -1.43. The predicted octanol–water partition coefficient (Wildman–Crippen LogP) is -0.0952. The maximum absolute atomic E-state index is 11.0. The zero-order chi connectivity index (χ0) is 12.3. The lowest BCUT2D eigenvalue weighted by molar-refractivity contribution is -0.117. The summed E-state index contributed by atoms with van der Waals surface area (Å²) in [6.07, 6.45) is 3.39. The number of methoxy groups -OCH3 is 1. The van der Waals surface area contributed by atoms with Crippen molar-refractivity contribution in [3.63, 3.8) is 0 Å². The normalized spacial score (nSPS) is 15.1. The van der Waals surface area contributed by atoms with Gasteiger partial charge in [-0.25, -0.2) is 4.68 Å². The molecule has 17 heavy (non-hydrogen) atoms. The van der Waals surface area contributed by atoms with Crippen molar-refractivity contribution < 1.29 is 9.53 Å². The van der Waals surface area contributed by atoms with Crippen LogP contribution in [-0.2, 0) is 28.9 Å². The van der Waals surface area contributed by atoms with E-state index in [2.05, 4.69) is 10.3 Å². The first-order chi connectivity index (χ1) is 8.20. The van der Waals surface area contributed by atoms with Gasteiger partial charge in [0.25, 0.3) is 0 Å². The van der Waals surface area contributed by atoms with E-state index in [1.54, 1.807) is 7.11 Å². The van der Waals surface area contributed by atoms with Crippen molar-refractivity contribution in [2.45, 2.75) is 32.2 Å².